The van der Waals surface area contributed by atoms with Crippen LogP contribution >= 0.6 is 0 Å². The summed E-state index contributed by atoms with van der Waals surface area (Å²) in [6.45, 7) is 4.29. The molecule has 1 aliphatic carbocycles. The van der Waals surface area contributed by atoms with Gasteiger partial charge in [-0.1, -0.05) is 12.1 Å². The number of hydrogen-bond acceptors (Lipinski definition) is 4. The van der Waals surface area contributed by atoms with Gasteiger partial charge in [0.05, 0.1) is 0 Å². The van der Waals surface area contributed by atoms with Gasteiger partial charge in [-0.3, -0.25) is 19.6 Å². The predicted molar refractivity (Wildman–Crippen MR) is 119 cm³/mol. The molecule has 32 heavy (non-hydrogen) atoms. The molecule has 2 fully saturated rings. The highest BCUT2D eigenvalue weighted by atomic mass is 19.1. The number of carbonyl (C=O) groups excluding carboxylic acids is 1. The van der Waals surface area contributed by atoms with Crippen molar-refractivity contribution >= 4 is 11.6 Å². The van der Waals surface area contributed by atoms with Crippen LogP contribution in [-0.2, 0) is 17.8 Å². The largest absolute Gasteiger partial charge is 0.353 e. The molecule has 0 spiro atoms. The zero-order chi connectivity index (χ0) is 22.2. The maximum absolute atomic E-state index is 13.5. The van der Waals surface area contributed by atoms with Crippen LogP contribution in [0.3, 0.4) is 0 Å². The molecule has 2 N–H and O–H groups in total. The minimum Gasteiger partial charge on any atom is -0.353 e. The number of nitrogens with one attached hydrogen (secondary N) is 2. The second kappa shape index (κ2) is 8.50. The van der Waals surface area contributed by atoms with E-state index >= 15 is 0 Å². The molecule has 0 radical (unpaired) electrons. The topological polar surface area (TPSA) is 82.5 Å². The predicted octanol–water partition coefficient (Wildman–Crippen LogP) is 2.67. The molecule has 1 amide bonds. The summed E-state index contributed by atoms with van der Waals surface area (Å²) in [6.07, 6.45) is 3.74. The number of benzene rings is 1. The van der Waals surface area contributed by atoms with Gasteiger partial charge in [0.1, 0.15) is 5.82 Å². The highest BCUT2D eigenvalue weighted by molar-refractivity contribution is 5.76. The fraction of sp³-hybridized carbons (Fsp3) is 0.458. The number of H-pyrrole nitrogens is 1. The monoisotopic (exact) mass is 437 g/mol. The van der Waals surface area contributed by atoms with E-state index in [4.69, 9.17) is 0 Å². The van der Waals surface area contributed by atoms with Crippen molar-refractivity contribution in [2.24, 2.45) is 0 Å². The molecule has 3 aromatic rings. The SMILES string of the molecule is Cc1nc2cc(C3CCN(Cc4cccc(F)c4)C3)[nH]n2c(=O)c1CCC(=O)NC1CC1. The fourth-order valence-corrected chi connectivity index (χ4v) is 4.58. The molecule has 1 saturated heterocycles. The van der Waals surface area contributed by atoms with Gasteiger partial charge in [0.2, 0.25) is 5.91 Å². The molecule has 0 bridgehead atoms. The molecule has 1 atom stereocenters. The number of fused-ring (bicyclic) bond motifs is 1. The van der Waals surface area contributed by atoms with Crippen LogP contribution in [0.4, 0.5) is 4.39 Å². The van der Waals surface area contributed by atoms with E-state index in [2.05, 4.69) is 20.3 Å². The lowest BCUT2D eigenvalue weighted by Gasteiger charge is -2.15. The Hall–Kier alpha value is -3.00. The summed E-state index contributed by atoms with van der Waals surface area (Å²) in [5.41, 5.74) is 3.69. The zero-order valence-corrected chi connectivity index (χ0v) is 18.2. The van der Waals surface area contributed by atoms with Crippen LogP contribution < -0.4 is 10.9 Å². The lowest BCUT2D eigenvalue weighted by atomic mass is 10.1. The number of carbonyl (C=O) groups is 1. The van der Waals surface area contributed by atoms with Crippen molar-refractivity contribution < 1.29 is 9.18 Å². The molecule has 2 aromatic heterocycles. The number of amides is 1. The van der Waals surface area contributed by atoms with Gasteiger partial charge in [0, 0.05) is 54.5 Å². The first kappa shape index (κ1) is 20.9. The van der Waals surface area contributed by atoms with Crippen LogP contribution in [0.5, 0.6) is 0 Å². The third-order valence-corrected chi connectivity index (χ3v) is 6.49. The standard InChI is InChI=1S/C24H28FN5O2/c1-15-20(7-8-23(31)27-19-5-6-19)24(32)30-22(26-15)12-21(28-30)17-9-10-29(14-17)13-16-3-2-4-18(25)11-16/h2-4,11-12,17,19,28H,5-10,13-14H2,1H3,(H,27,31). The molecule has 1 saturated carbocycles. The quantitative estimate of drug-likeness (QED) is 0.595. The Bertz CT molecular complexity index is 1210. The maximum Gasteiger partial charge on any atom is 0.276 e. The number of aryl methyl sites for hydroxylation is 1. The van der Waals surface area contributed by atoms with Gasteiger partial charge in [-0.05, 0) is 56.8 Å². The van der Waals surface area contributed by atoms with Crippen LogP contribution in [-0.4, -0.2) is 44.5 Å². The van der Waals surface area contributed by atoms with Crippen molar-refractivity contribution in [1.82, 2.24) is 24.8 Å². The van der Waals surface area contributed by atoms with E-state index in [0.29, 0.717) is 42.3 Å². The first-order valence-corrected chi connectivity index (χ1v) is 11.3. The van der Waals surface area contributed by atoms with Crippen molar-refractivity contribution in [3.05, 3.63) is 69.0 Å². The van der Waals surface area contributed by atoms with Gasteiger partial charge >= 0.3 is 0 Å². The summed E-state index contributed by atoms with van der Waals surface area (Å²) >= 11 is 0. The molecule has 2 aliphatic rings. The molecule has 8 heteroatoms. The summed E-state index contributed by atoms with van der Waals surface area (Å²) in [7, 11) is 0. The summed E-state index contributed by atoms with van der Waals surface area (Å²) in [5, 5.41) is 6.22. The number of hydrogen-bond donors (Lipinski definition) is 2. The van der Waals surface area contributed by atoms with Gasteiger partial charge in [-0.15, -0.1) is 0 Å². The molecule has 1 unspecified atom stereocenters. The van der Waals surface area contributed by atoms with Crippen molar-refractivity contribution in [3.63, 3.8) is 0 Å². The van der Waals surface area contributed by atoms with Crippen molar-refractivity contribution in [2.45, 2.75) is 57.5 Å². The van der Waals surface area contributed by atoms with E-state index in [-0.39, 0.29) is 23.2 Å². The maximum atomic E-state index is 13.5. The molecule has 7 nitrogen and oxygen atoms in total. The minimum absolute atomic E-state index is 0.00656. The van der Waals surface area contributed by atoms with Gasteiger partial charge in [-0.25, -0.2) is 13.9 Å². The number of rotatable bonds is 7. The number of aromatic amines is 1. The first-order chi connectivity index (χ1) is 15.5. The number of likely N-dealkylation sites (tertiary alicyclic amines) is 1. The Morgan fingerprint density at radius 2 is 2.12 bits per heavy atom. The molecule has 3 heterocycles. The van der Waals surface area contributed by atoms with E-state index < -0.39 is 0 Å². The molecule has 1 aromatic carbocycles. The first-order valence-electron chi connectivity index (χ1n) is 11.3. The van der Waals surface area contributed by atoms with Crippen molar-refractivity contribution in [3.8, 4) is 0 Å². The highest BCUT2D eigenvalue weighted by Crippen LogP contribution is 2.28. The van der Waals surface area contributed by atoms with Gasteiger partial charge in [0.25, 0.3) is 5.56 Å². The molecule has 5 rings (SSSR count). The Morgan fingerprint density at radius 1 is 1.28 bits per heavy atom. The van der Waals surface area contributed by atoms with Gasteiger partial charge < -0.3 is 5.32 Å². The number of nitrogens with zero attached hydrogens (tertiary/aromatic N) is 3. The van der Waals surface area contributed by atoms with Crippen LogP contribution in [0.1, 0.15) is 54.1 Å². The Labute approximate surface area is 185 Å². The number of aromatic nitrogens is 3. The molecule has 168 valence electrons. The number of halogens is 1. The second-order valence-corrected chi connectivity index (χ2v) is 9.08. The van der Waals surface area contributed by atoms with Gasteiger partial charge in [0.15, 0.2) is 5.65 Å². The molecular formula is C24H28FN5O2. The highest BCUT2D eigenvalue weighted by Gasteiger charge is 2.27. The lowest BCUT2D eigenvalue weighted by molar-refractivity contribution is -0.121. The van der Waals surface area contributed by atoms with Crippen LogP contribution in [0.25, 0.3) is 5.65 Å². The Morgan fingerprint density at radius 3 is 2.91 bits per heavy atom. The van der Waals surface area contributed by atoms with Crippen LogP contribution in [0.2, 0.25) is 0 Å². The van der Waals surface area contributed by atoms with Crippen LogP contribution in [0, 0.1) is 12.7 Å². The lowest BCUT2D eigenvalue weighted by Crippen LogP contribution is -2.28. The van der Waals surface area contributed by atoms with Gasteiger partial charge in [-0.2, -0.15) is 0 Å². The average Bonchev–Trinajstić information content (AvgIpc) is 3.26. The Kier molecular flexibility index (Phi) is 5.55. The van der Waals surface area contributed by atoms with E-state index in [1.54, 1.807) is 12.1 Å². The van der Waals surface area contributed by atoms with Crippen molar-refractivity contribution in [2.75, 3.05) is 13.1 Å². The minimum atomic E-state index is -0.212. The third-order valence-electron chi connectivity index (χ3n) is 6.49. The second-order valence-electron chi connectivity index (χ2n) is 9.08. The summed E-state index contributed by atoms with van der Waals surface area (Å²) in [6, 6.07) is 9.00. The van der Waals surface area contributed by atoms with Crippen molar-refractivity contribution in [1.29, 1.82) is 0 Å². The zero-order valence-electron chi connectivity index (χ0n) is 18.2. The van der Waals surface area contributed by atoms with E-state index in [0.717, 1.165) is 43.6 Å². The fourth-order valence-electron chi connectivity index (χ4n) is 4.58. The van der Waals surface area contributed by atoms with E-state index in [9.17, 15) is 14.0 Å². The summed E-state index contributed by atoms with van der Waals surface area (Å²) in [5.74, 6) is 0.0427. The molecular weight excluding hydrogens is 409 g/mol. The molecule has 1 aliphatic heterocycles. The Balaban J connectivity index is 1.29. The normalized spacial score (nSPS) is 19.0. The third kappa shape index (κ3) is 4.46. The van der Waals surface area contributed by atoms with E-state index in [1.165, 1.54) is 10.6 Å². The van der Waals surface area contributed by atoms with E-state index in [1.807, 2.05) is 19.1 Å². The average molecular weight is 438 g/mol. The van der Waals surface area contributed by atoms with Crippen LogP contribution in [0.15, 0.2) is 35.1 Å². The summed E-state index contributed by atoms with van der Waals surface area (Å²) in [4.78, 5) is 32.0. The smallest absolute Gasteiger partial charge is 0.276 e. The summed E-state index contributed by atoms with van der Waals surface area (Å²) < 4.78 is 15.0.